The lowest BCUT2D eigenvalue weighted by Gasteiger charge is -2.24. The van der Waals surface area contributed by atoms with Crippen molar-refractivity contribution in [2.75, 3.05) is 10.6 Å². The SMILES string of the molecule is CCCCC(C)CC(CC)Nc1ccc(NC(CC)CC(C)CCCC)cc1. The molecule has 2 nitrogen and oxygen atoms in total. The van der Waals surface area contributed by atoms with Crippen LogP contribution in [-0.4, -0.2) is 12.1 Å². The summed E-state index contributed by atoms with van der Waals surface area (Å²) in [5.74, 6) is 1.61. The molecule has 1 rings (SSSR count). The summed E-state index contributed by atoms with van der Waals surface area (Å²) in [4.78, 5) is 0. The van der Waals surface area contributed by atoms with E-state index in [1.54, 1.807) is 0 Å². The molecule has 0 spiro atoms. The monoisotopic (exact) mass is 388 g/mol. The van der Waals surface area contributed by atoms with Crippen LogP contribution in [-0.2, 0) is 0 Å². The number of hydrogen-bond acceptors (Lipinski definition) is 2. The maximum Gasteiger partial charge on any atom is 0.0343 e. The van der Waals surface area contributed by atoms with Crippen molar-refractivity contribution in [1.29, 1.82) is 0 Å². The average molecular weight is 389 g/mol. The molecule has 0 aliphatic rings. The highest BCUT2D eigenvalue weighted by Crippen LogP contribution is 2.23. The molecule has 4 atom stereocenters. The van der Waals surface area contributed by atoms with Gasteiger partial charge in [0.1, 0.15) is 0 Å². The van der Waals surface area contributed by atoms with Crippen LogP contribution < -0.4 is 10.6 Å². The molecule has 0 aliphatic carbocycles. The molecule has 0 saturated carbocycles. The Labute approximate surface area is 176 Å². The molecular weight excluding hydrogens is 340 g/mol. The summed E-state index contributed by atoms with van der Waals surface area (Å²) in [7, 11) is 0. The van der Waals surface area contributed by atoms with Gasteiger partial charge < -0.3 is 10.6 Å². The Morgan fingerprint density at radius 1 is 0.643 bits per heavy atom. The van der Waals surface area contributed by atoms with Crippen LogP contribution >= 0.6 is 0 Å². The lowest BCUT2D eigenvalue weighted by molar-refractivity contribution is 0.431. The number of nitrogens with one attached hydrogen (secondary N) is 2. The van der Waals surface area contributed by atoms with Gasteiger partial charge in [-0.1, -0.05) is 80.1 Å². The molecule has 0 amide bonds. The molecule has 0 saturated heterocycles. The minimum Gasteiger partial charge on any atom is -0.382 e. The third-order valence-electron chi connectivity index (χ3n) is 6.09. The predicted molar refractivity (Wildman–Crippen MR) is 128 cm³/mol. The molecule has 0 heterocycles. The second-order valence-corrected chi connectivity index (χ2v) is 9.04. The van der Waals surface area contributed by atoms with E-state index < -0.39 is 0 Å². The van der Waals surface area contributed by atoms with Crippen molar-refractivity contribution in [2.24, 2.45) is 11.8 Å². The molecule has 0 fully saturated rings. The maximum absolute atomic E-state index is 3.76. The van der Waals surface area contributed by atoms with Crippen molar-refractivity contribution in [3.05, 3.63) is 24.3 Å². The molecule has 0 bridgehead atoms. The van der Waals surface area contributed by atoms with Crippen LogP contribution in [0.5, 0.6) is 0 Å². The van der Waals surface area contributed by atoms with Crippen molar-refractivity contribution in [3.8, 4) is 0 Å². The summed E-state index contributed by atoms with van der Waals surface area (Å²) in [6.07, 6.45) is 12.9. The lowest BCUT2D eigenvalue weighted by atomic mass is 9.94. The van der Waals surface area contributed by atoms with Gasteiger partial charge in [-0.25, -0.2) is 0 Å². The minimum absolute atomic E-state index is 0.577. The van der Waals surface area contributed by atoms with Gasteiger partial charge in [-0.15, -0.1) is 0 Å². The van der Waals surface area contributed by atoms with Crippen LogP contribution in [0.4, 0.5) is 11.4 Å². The topological polar surface area (TPSA) is 24.1 Å². The van der Waals surface area contributed by atoms with Gasteiger partial charge in [-0.3, -0.25) is 0 Å². The Morgan fingerprint density at radius 3 is 1.29 bits per heavy atom. The van der Waals surface area contributed by atoms with Crippen LogP contribution in [0.25, 0.3) is 0 Å². The first-order valence-corrected chi connectivity index (χ1v) is 12.1. The lowest BCUT2D eigenvalue weighted by Crippen LogP contribution is -2.22. The summed E-state index contributed by atoms with van der Waals surface area (Å²) in [5.41, 5.74) is 2.51. The molecule has 0 radical (unpaired) electrons. The largest absolute Gasteiger partial charge is 0.382 e. The maximum atomic E-state index is 3.76. The molecule has 1 aromatic carbocycles. The first kappa shape index (κ1) is 24.9. The molecule has 0 aromatic heterocycles. The molecule has 162 valence electrons. The van der Waals surface area contributed by atoms with Gasteiger partial charge in [0.2, 0.25) is 0 Å². The molecule has 2 N–H and O–H groups in total. The van der Waals surface area contributed by atoms with E-state index in [1.807, 2.05) is 0 Å². The van der Waals surface area contributed by atoms with E-state index in [-0.39, 0.29) is 0 Å². The Morgan fingerprint density at radius 2 is 1.00 bits per heavy atom. The van der Waals surface area contributed by atoms with Gasteiger partial charge in [-0.05, 0) is 61.8 Å². The standard InChI is InChI=1S/C26H48N2/c1-7-11-13-21(5)19-23(9-3)27-25-15-17-26(18-16-25)28-24(10-4)20-22(6)14-12-8-2/h15-18,21-24,27-28H,7-14,19-20H2,1-6H3. The van der Waals surface area contributed by atoms with Gasteiger partial charge in [0.25, 0.3) is 0 Å². The smallest absolute Gasteiger partial charge is 0.0343 e. The fourth-order valence-corrected chi connectivity index (χ4v) is 4.10. The van der Waals surface area contributed by atoms with Crippen LogP contribution in [0.1, 0.15) is 106 Å². The Hall–Kier alpha value is -1.18. The molecule has 4 unspecified atom stereocenters. The summed E-state index contributed by atoms with van der Waals surface area (Å²) in [5, 5.41) is 7.52. The Bertz CT molecular complexity index is 437. The number of hydrogen-bond donors (Lipinski definition) is 2. The quantitative estimate of drug-likeness (QED) is 0.296. The first-order valence-electron chi connectivity index (χ1n) is 12.1. The zero-order chi connectivity index (χ0) is 20.8. The molecule has 2 heteroatoms. The molecule has 1 aromatic rings. The normalized spacial score (nSPS) is 15.6. The van der Waals surface area contributed by atoms with Crippen molar-refractivity contribution >= 4 is 11.4 Å². The first-order chi connectivity index (χ1) is 13.5. The van der Waals surface area contributed by atoms with E-state index in [9.17, 15) is 0 Å². The van der Waals surface area contributed by atoms with Crippen LogP contribution in [0.2, 0.25) is 0 Å². The zero-order valence-corrected chi connectivity index (χ0v) is 19.7. The molecular formula is C26H48N2. The average Bonchev–Trinajstić information content (AvgIpc) is 2.70. The number of rotatable bonds is 16. The minimum atomic E-state index is 0.577. The fraction of sp³-hybridized carbons (Fsp3) is 0.769. The van der Waals surface area contributed by atoms with Gasteiger partial charge in [-0.2, -0.15) is 0 Å². The van der Waals surface area contributed by atoms with Crippen molar-refractivity contribution in [2.45, 2.75) is 118 Å². The summed E-state index contributed by atoms with van der Waals surface area (Å²) < 4.78 is 0. The van der Waals surface area contributed by atoms with E-state index in [4.69, 9.17) is 0 Å². The number of benzene rings is 1. The van der Waals surface area contributed by atoms with E-state index in [1.165, 1.54) is 75.6 Å². The van der Waals surface area contributed by atoms with E-state index >= 15 is 0 Å². The van der Waals surface area contributed by atoms with E-state index in [0.29, 0.717) is 12.1 Å². The highest BCUT2D eigenvalue weighted by molar-refractivity contribution is 5.54. The van der Waals surface area contributed by atoms with Crippen molar-refractivity contribution < 1.29 is 0 Å². The van der Waals surface area contributed by atoms with Gasteiger partial charge in [0.15, 0.2) is 0 Å². The third-order valence-corrected chi connectivity index (χ3v) is 6.09. The zero-order valence-electron chi connectivity index (χ0n) is 19.7. The highest BCUT2D eigenvalue weighted by Gasteiger charge is 2.13. The van der Waals surface area contributed by atoms with Crippen molar-refractivity contribution in [1.82, 2.24) is 0 Å². The van der Waals surface area contributed by atoms with Gasteiger partial charge in [0, 0.05) is 23.5 Å². The number of unbranched alkanes of at least 4 members (excludes halogenated alkanes) is 2. The third kappa shape index (κ3) is 10.4. The van der Waals surface area contributed by atoms with E-state index in [2.05, 4.69) is 76.4 Å². The molecule has 28 heavy (non-hydrogen) atoms. The van der Waals surface area contributed by atoms with Gasteiger partial charge in [0.05, 0.1) is 0 Å². The highest BCUT2D eigenvalue weighted by atomic mass is 14.9. The van der Waals surface area contributed by atoms with Crippen LogP contribution in [0.15, 0.2) is 24.3 Å². The Kier molecular flexibility index (Phi) is 13.1. The number of anilines is 2. The fourth-order valence-electron chi connectivity index (χ4n) is 4.10. The Balaban J connectivity index is 2.52. The summed E-state index contributed by atoms with van der Waals surface area (Å²) in [6.45, 7) is 14.0. The van der Waals surface area contributed by atoms with Crippen LogP contribution in [0.3, 0.4) is 0 Å². The predicted octanol–water partition coefficient (Wildman–Crippen LogP) is 8.50. The van der Waals surface area contributed by atoms with Crippen molar-refractivity contribution in [3.63, 3.8) is 0 Å². The van der Waals surface area contributed by atoms with Gasteiger partial charge >= 0.3 is 0 Å². The summed E-state index contributed by atoms with van der Waals surface area (Å²) in [6, 6.07) is 10.1. The second kappa shape index (κ2) is 14.8. The van der Waals surface area contributed by atoms with Crippen LogP contribution in [0, 0.1) is 11.8 Å². The second-order valence-electron chi connectivity index (χ2n) is 9.04. The summed E-state index contributed by atoms with van der Waals surface area (Å²) >= 11 is 0. The van der Waals surface area contributed by atoms with E-state index in [0.717, 1.165) is 11.8 Å². The molecule has 0 aliphatic heterocycles.